The van der Waals surface area contributed by atoms with Gasteiger partial charge in [-0.15, -0.1) is 0 Å². The van der Waals surface area contributed by atoms with Crippen molar-refractivity contribution in [3.05, 3.63) is 64.9 Å². The number of hydrogen-bond donors (Lipinski definition) is 0. The third-order valence-corrected chi connectivity index (χ3v) is 2.75. The second-order valence-electron chi connectivity index (χ2n) is 3.72. The molecule has 4 heteroatoms. The van der Waals surface area contributed by atoms with Crippen LogP contribution in [0.2, 0.25) is 5.02 Å². The molecule has 2 aromatic rings. The number of Topliss-reactive ketones (excluding diaryl/α,β-unsaturated/α-hetero) is 1. The number of nitrogens with zero attached hydrogens (tertiary/aromatic N) is 2. The fraction of sp³-hybridized carbons (Fsp3) is 0.0714. The van der Waals surface area contributed by atoms with Crippen LogP contribution in [0, 0.1) is 11.3 Å². The molecule has 1 aromatic heterocycles. The first-order valence-corrected chi connectivity index (χ1v) is 5.69. The molecule has 1 heterocycles. The van der Waals surface area contributed by atoms with Gasteiger partial charge in [0.1, 0.15) is 5.92 Å². The van der Waals surface area contributed by atoms with Gasteiger partial charge < -0.3 is 0 Å². The van der Waals surface area contributed by atoms with E-state index in [4.69, 9.17) is 16.9 Å². The molecule has 0 spiro atoms. The molecule has 0 aliphatic carbocycles. The number of aromatic nitrogens is 1. The summed E-state index contributed by atoms with van der Waals surface area (Å²) in [7, 11) is 0. The molecule has 0 saturated heterocycles. The van der Waals surface area contributed by atoms with Gasteiger partial charge in [0, 0.05) is 23.0 Å². The SMILES string of the molecule is N#C[C@@H](C(=O)c1cccnc1)c1cccc(Cl)c1. The van der Waals surface area contributed by atoms with E-state index in [1.807, 2.05) is 6.07 Å². The Labute approximate surface area is 110 Å². The van der Waals surface area contributed by atoms with Crippen molar-refractivity contribution in [2.45, 2.75) is 5.92 Å². The van der Waals surface area contributed by atoms with Crippen LogP contribution >= 0.6 is 11.6 Å². The van der Waals surface area contributed by atoms with Gasteiger partial charge in [0.05, 0.1) is 6.07 Å². The Kier molecular flexibility index (Phi) is 3.71. The maximum Gasteiger partial charge on any atom is 0.185 e. The van der Waals surface area contributed by atoms with Gasteiger partial charge >= 0.3 is 0 Å². The van der Waals surface area contributed by atoms with Crippen molar-refractivity contribution in [1.82, 2.24) is 4.98 Å². The maximum atomic E-state index is 12.2. The molecule has 0 N–H and O–H groups in total. The molecule has 1 atom stereocenters. The van der Waals surface area contributed by atoms with Crippen LogP contribution in [-0.2, 0) is 0 Å². The van der Waals surface area contributed by atoms with Crippen LogP contribution in [0.25, 0.3) is 0 Å². The summed E-state index contributed by atoms with van der Waals surface area (Å²) in [6.45, 7) is 0. The van der Waals surface area contributed by atoms with Crippen molar-refractivity contribution in [3.8, 4) is 6.07 Å². The van der Waals surface area contributed by atoms with Crippen LogP contribution in [0.15, 0.2) is 48.8 Å². The fourth-order valence-corrected chi connectivity index (χ4v) is 1.84. The van der Waals surface area contributed by atoms with Crippen molar-refractivity contribution in [3.63, 3.8) is 0 Å². The molecule has 2 rings (SSSR count). The van der Waals surface area contributed by atoms with Crippen LogP contribution in [0.1, 0.15) is 21.8 Å². The Morgan fingerprint density at radius 2 is 2.17 bits per heavy atom. The van der Waals surface area contributed by atoms with Crippen LogP contribution < -0.4 is 0 Å². The third kappa shape index (κ3) is 2.55. The number of carbonyl (C=O) groups excluding carboxylic acids is 1. The molecule has 18 heavy (non-hydrogen) atoms. The van der Waals surface area contributed by atoms with Gasteiger partial charge in [-0.1, -0.05) is 23.7 Å². The summed E-state index contributed by atoms with van der Waals surface area (Å²) in [5.74, 6) is -1.12. The lowest BCUT2D eigenvalue weighted by molar-refractivity contribution is 0.0978. The summed E-state index contributed by atoms with van der Waals surface area (Å²) in [6, 6.07) is 12.1. The van der Waals surface area contributed by atoms with Crippen LogP contribution in [-0.4, -0.2) is 10.8 Å². The molecule has 0 saturated carbocycles. The standard InChI is InChI=1S/C14H9ClN2O/c15-12-5-1-3-10(7-12)13(8-16)14(18)11-4-2-6-17-9-11/h1-7,9,13H/t13-/m1/s1. The van der Waals surface area contributed by atoms with Crippen molar-refractivity contribution in [2.75, 3.05) is 0 Å². The van der Waals surface area contributed by atoms with Crippen LogP contribution in [0.5, 0.6) is 0 Å². The van der Waals surface area contributed by atoms with Gasteiger partial charge in [0.25, 0.3) is 0 Å². The molecule has 0 fully saturated rings. The summed E-state index contributed by atoms with van der Waals surface area (Å²) in [6.07, 6.45) is 3.04. The molecule has 0 aliphatic heterocycles. The van der Waals surface area contributed by atoms with Crippen LogP contribution in [0.4, 0.5) is 0 Å². The van der Waals surface area contributed by atoms with Gasteiger partial charge in [-0.2, -0.15) is 5.26 Å². The molecular formula is C14H9ClN2O. The lowest BCUT2D eigenvalue weighted by Gasteiger charge is -2.08. The Hall–Kier alpha value is -2.18. The topological polar surface area (TPSA) is 53.8 Å². The zero-order valence-electron chi connectivity index (χ0n) is 9.38. The largest absolute Gasteiger partial charge is 0.292 e. The highest BCUT2D eigenvalue weighted by Crippen LogP contribution is 2.22. The second kappa shape index (κ2) is 5.44. The van der Waals surface area contributed by atoms with E-state index in [9.17, 15) is 4.79 Å². The van der Waals surface area contributed by atoms with Crippen molar-refractivity contribution >= 4 is 17.4 Å². The average molecular weight is 257 g/mol. The second-order valence-corrected chi connectivity index (χ2v) is 4.16. The van der Waals surface area contributed by atoms with E-state index in [0.29, 0.717) is 16.1 Å². The molecule has 0 amide bonds. The minimum absolute atomic E-state index is 0.270. The number of benzene rings is 1. The number of pyridine rings is 1. The van der Waals surface area contributed by atoms with Crippen molar-refractivity contribution in [2.24, 2.45) is 0 Å². The van der Waals surface area contributed by atoms with Crippen molar-refractivity contribution in [1.29, 1.82) is 5.26 Å². The van der Waals surface area contributed by atoms with E-state index in [-0.39, 0.29) is 5.78 Å². The lowest BCUT2D eigenvalue weighted by atomic mass is 9.93. The Balaban J connectivity index is 2.36. The molecule has 88 valence electrons. The Morgan fingerprint density at radius 3 is 2.78 bits per heavy atom. The zero-order valence-corrected chi connectivity index (χ0v) is 10.1. The van der Waals surface area contributed by atoms with E-state index < -0.39 is 5.92 Å². The highest BCUT2D eigenvalue weighted by atomic mass is 35.5. The number of carbonyl (C=O) groups is 1. The van der Waals surface area contributed by atoms with E-state index >= 15 is 0 Å². The zero-order chi connectivity index (χ0) is 13.0. The highest BCUT2D eigenvalue weighted by Gasteiger charge is 2.21. The number of ketones is 1. The molecule has 1 aromatic carbocycles. The predicted molar refractivity (Wildman–Crippen MR) is 68.4 cm³/mol. The average Bonchev–Trinajstić information content (AvgIpc) is 2.40. The first-order valence-electron chi connectivity index (χ1n) is 5.31. The van der Waals surface area contributed by atoms with Gasteiger partial charge in [-0.05, 0) is 29.8 Å². The van der Waals surface area contributed by atoms with E-state index in [2.05, 4.69) is 4.98 Å². The van der Waals surface area contributed by atoms with Gasteiger partial charge in [-0.3, -0.25) is 9.78 Å². The fourth-order valence-electron chi connectivity index (χ4n) is 1.65. The first-order chi connectivity index (χ1) is 8.72. The quantitative estimate of drug-likeness (QED) is 0.793. The number of hydrogen-bond acceptors (Lipinski definition) is 3. The number of nitriles is 1. The lowest BCUT2D eigenvalue weighted by Crippen LogP contribution is -2.11. The minimum atomic E-state index is -0.854. The molecule has 3 nitrogen and oxygen atoms in total. The minimum Gasteiger partial charge on any atom is -0.292 e. The molecule has 0 bridgehead atoms. The number of rotatable bonds is 3. The first kappa shape index (κ1) is 12.3. The Morgan fingerprint density at radius 1 is 1.33 bits per heavy atom. The molecular weight excluding hydrogens is 248 g/mol. The maximum absolute atomic E-state index is 12.2. The smallest absolute Gasteiger partial charge is 0.185 e. The van der Waals surface area contributed by atoms with Crippen molar-refractivity contribution < 1.29 is 4.79 Å². The summed E-state index contributed by atoms with van der Waals surface area (Å²) >= 11 is 5.86. The highest BCUT2D eigenvalue weighted by molar-refractivity contribution is 6.30. The summed E-state index contributed by atoms with van der Waals surface area (Å²) < 4.78 is 0. The summed E-state index contributed by atoms with van der Waals surface area (Å²) in [4.78, 5) is 16.1. The van der Waals surface area contributed by atoms with Gasteiger partial charge in [0.2, 0.25) is 0 Å². The monoisotopic (exact) mass is 256 g/mol. The third-order valence-electron chi connectivity index (χ3n) is 2.52. The van der Waals surface area contributed by atoms with E-state index in [1.54, 1.807) is 42.6 Å². The van der Waals surface area contributed by atoms with E-state index in [1.165, 1.54) is 6.20 Å². The molecule has 0 unspecified atom stereocenters. The molecule has 0 aliphatic rings. The van der Waals surface area contributed by atoms with Gasteiger partial charge in [0.15, 0.2) is 5.78 Å². The normalized spacial score (nSPS) is 11.6. The van der Waals surface area contributed by atoms with E-state index in [0.717, 1.165) is 0 Å². The summed E-state index contributed by atoms with van der Waals surface area (Å²) in [5, 5.41) is 9.67. The Bertz CT molecular complexity index is 605. The number of halogens is 1. The summed E-state index contributed by atoms with van der Waals surface area (Å²) in [5.41, 5.74) is 1.02. The van der Waals surface area contributed by atoms with Crippen LogP contribution in [0.3, 0.4) is 0 Å². The molecule has 0 radical (unpaired) electrons. The predicted octanol–water partition coefficient (Wildman–Crippen LogP) is 3.23. The van der Waals surface area contributed by atoms with Gasteiger partial charge in [-0.25, -0.2) is 0 Å².